The summed E-state index contributed by atoms with van der Waals surface area (Å²) < 4.78 is 10.4. The van der Waals surface area contributed by atoms with E-state index in [9.17, 15) is 4.79 Å². The molecule has 0 spiro atoms. The number of unbranched alkanes of at least 4 members (excludes halogenated alkanes) is 15. The van der Waals surface area contributed by atoms with E-state index in [-0.39, 0.29) is 31.5 Å². The normalized spacial score (nSPS) is 18.4. The largest absolute Gasteiger partial charge is 0.447 e. The quantitative estimate of drug-likeness (QED) is 0.236. The number of rotatable bonds is 20. The number of aliphatic hydroxyl groups excluding tert-OH is 1. The highest BCUT2D eigenvalue weighted by Crippen LogP contribution is 2.20. The van der Waals surface area contributed by atoms with Gasteiger partial charge in [-0.1, -0.05) is 103 Å². The van der Waals surface area contributed by atoms with Crippen LogP contribution in [0.4, 0.5) is 4.79 Å². The van der Waals surface area contributed by atoms with Crippen molar-refractivity contribution in [1.29, 1.82) is 0 Å². The number of hydrogen-bond donors (Lipinski definition) is 2. The lowest BCUT2D eigenvalue weighted by atomic mass is 10.0. The Balaban J connectivity index is 1.69. The second-order valence-corrected chi connectivity index (χ2v) is 8.63. The number of hydrogen-bond acceptors (Lipinski definition) is 4. The van der Waals surface area contributed by atoms with Gasteiger partial charge in [-0.15, -0.1) is 0 Å². The van der Waals surface area contributed by atoms with Gasteiger partial charge in [0.15, 0.2) is 0 Å². The van der Waals surface area contributed by atoms with Gasteiger partial charge in [-0.05, 0) is 6.42 Å². The number of aliphatic hydroxyl groups is 1. The lowest BCUT2D eigenvalue weighted by Gasteiger charge is -2.34. The van der Waals surface area contributed by atoms with Gasteiger partial charge in [0.25, 0.3) is 0 Å². The molecule has 1 aliphatic rings. The summed E-state index contributed by atoms with van der Waals surface area (Å²) in [5.41, 5.74) is 0. The molecule has 0 radical (unpaired) electrons. The molecule has 0 aromatic heterocycles. The lowest BCUT2D eigenvalue weighted by Crippen LogP contribution is -2.43. The molecular formula is C24H47NO4. The van der Waals surface area contributed by atoms with Crippen LogP contribution in [0.3, 0.4) is 0 Å². The van der Waals surface area contributed by atoms with Gasteiger partial charge in [-0.3, -0.25) is 0 Å². The first kappa shape index (κ1) is 26.2. The monoisotopic (exact) mass is 413 g/mol. The molecule has 2 N–H and O–H groups in total. The smallest absolute Gasteiger partial charge is 0.407 e. The van der Waals surface area contributed by atoms with E-state index in [0.717, 1.165) is 12.8 Å². The van der Waals surface area contributed by atoms with Crippen molar-refractivity contribution in [2.45, 2.75) is 128 Å². The van der Waals surface area contributed by atoms with Crippen molar-refractivity contribution in [3.05, 3.63) is 0 Å². The summed E-state index contributed by atoms with van der Waals surface area (Å²) in [6.45, 7) is 3.28. The van der Waals surface area contributed by atoms with E-state index < -0.39 is 0 Å². The third-order valence-electron chi connectivity index (χ3n) is 5.81. The van der Waals surface area contributed by atoms with Gasteiger partial charge in [-0.25, -0.2) is 4.79 Å². The molecule has 1 rings (SSSR count). The maximum absolute atomic E-state index is 11.6. The predicted octanol–water partition coefficient (Wildman–Crippen LogP) is 6.12. The molecule has 0 aliphatic carbocycles. The minimum Gasteiger partial charge on any atom is -0.447 e. The van der Waals surface area contributed by atoms with Crippen LogP contribution in [0.15, 0.2) is 0 Å². The molecule has 0 bridgehead atoms. The molecule has 1 heterocycles. The van der Waals surface area contributed by atoms with Gasteiger partial charge in [0.2, 0.25) is 0 Å². The number of ether oxygens (including phenoxy) is 2. The zero-order chi connectivity index (χ0) is 21.0. The molecule has 1 fully saturated rings. The number of carbonyl (C=O) groups is 1. The van der Waals surface area contributed by atoms with E-state index in [4.69, 9.17) is 14.6 Å². The molecule has 0 saturated carbocycles. The maximum Gasteiger partial charge on any atom is 0.407 e. The fourth-order valence-corrected chi connectivity index (χ4v) is 3.86. The van der Waals surface area contributed by atoms with E-state index in [1.165, 1.54) is 96.3 Å². The number of amides is 1. The molecule has 0 unspecified atom stereocenters. The summed E-state index contributed by atoms with van der Waals surface area (Å²) in [4.78, 5) is 11.6. The summed E-state index contributed by atoms with van der Waals surface area (Å²) in [6, 6.07) is 0. The Kier molecular flexibility index (Phi) is 17.3. The first-order valence-electron chi connectivity index (χ1n) is 12.4. The Morgan fingerprint density at radius 1 is 0.828 bits per heavy atom. The lowest BCUT2D eigenvalue weighted by molar-refractivity contribution is -0.157. The molecule has 172 valence electrons. The van der Waals surface area contributed by atoms with Crippen LogP contribution < -0.4 is 5.32 Å². The summed E-state index contributed by atoms with van der Waals surface area (Å²) in [7, 11) is 0. The van der Waals surface area contributed by atoms with Gasteiger partial charge in [0.1, 0.15) is 6.61 Å². The highest BCUT2D eigenvalue weighted by molar-refractivity contribution is 5.67. The molecule has 2 atom stereocenters. The summed E-state index contributed by atoms with van der Waals surface area (Å²) >= 11 is 0. The number of carbonyl (C=O) groups excluding carboxylic acids is 1. The summed E-state index contributed by atoms with van der Waals surface area (Å²) in [5.74, 6) is 0. The van der Waals surface area contributed by atoms with Crippen LogP contribution in [0, 0.1) is 0 Å². The number of alkyl carbamates (subject to hydrolysis) is 1. The highest BCUT2D eigenvalue weighted by Gasteiger charge is 2.30. The molecular weight excluding hydrogens is 366 g/mol. The van der Waals surface area contributed by atoms with Crippen LogP contribution in [0.25, 0.3) is 0 Å². The van der Waals surface area contributed by atoms with Crippen molar-refractivity contribution >= 4 is 6.09 Å². The van der Waals surface area contributed by atoms with Crippen LogP contribution in [0.5, 0.6) is 0 Å². The van der Waals surface area contributed by atoms with Crippen LogP contribution in [-0.2, 0) is 9.47 Å². The zero-order valence-electron chi connectivity index (χ0n) is 19.0. The van der Waals surface area contributed by atoms with Crippen molar-refractivity contribution in [2.24, 2.45) is 0 Å². The topological polar surface area (TPSA) is 67.8 Å². The minimum atomic E-state index is -0.359. The Bertz CT molecular complexity index is 372. The average Bonchev–Trinajstić information content (AvgIpc) is 2.69. The van der Waals surface area contributed by atoms with Crippen LogP contribution >= 0.6 is 0 Å². The van der Waals surface area contributed by atoms with Gasteiger partial charge in [0.05, 0.1) is 18.8 Å². The molecule has 5 heteroatoms. The molecule has 1 amide bonds. The Morgan fingerprint density at radius 3 is 1.72 bits per heavy atom. The van der Waals surface area contributed by atoms with E-state index >= 15 is 0 Å². The average molecular weight is 414 g/mol. The molecule has 5 nitrogen and oxygen atoms in total. The Hall–Kier alpha value is -0.810. The third kappa shape index (κ3) is 15.7. The van der Waals surface area contributed by atoms with Gasteiger partial charge in [0, 0.05) is 13.0 Å². The first-order chi connectivity index (χ1) is 14.3. The Labute approximate surface area is 179 Å². The molecule has 0 aromatic carbocycles. The summed E-state index contributed by atoms with van der Waals surface area (Å²) in [6.07, 6.45) is 21.9. The standard InChI is InChI=1S/C24H47NO4/c1-2-3-4-5-6-7-8-9-10-11-12-13-14-15-16-17-18-25-24(27)28-21-23-19-22(20-26)29-23/h22-23,26H,2-21H2,1H3,(H,25,27)/t22-,23-/m0/s1. The van der Waals surface area contributed by atoms with E-state index in [1.54, 1.807) is 0 Å². The second kappa shape index (κ2) is 19.2. The Morgan fingerprint density at radius 2 is 1.28 bits per heavy atom. The van der Waals surface area contributed by atoms with Crippen molar-refractivity contribution < 1.29 is 19.4 Å². The van der Waals surface area contributed by atoms with Crippen molar-refractivity contribution in [3.8, 4) is 0 Å². The minimum absolute atomic E-state index is 0.0436. The van der Waals surface area contributed by atoms with Crippen LogP contribution in [0.1, 0.15) is 116 Å². The van der Waals surface area contributed by atoms with Crippen molar-refractivity contribution in [2.75, 3.05) is 19.8 Å². The SMILES string of the molecule is CCCCCCCCCCCCCCCCCCNC(=O)OC[C@@H]1C[C@@H](CO)O1. The van der Waals surface area contributed by atoms with Crippen LogP contribution in [0.2, 0.25) is 0 Å². The highest BCUT2D eigenvalue weighted by atomic mass is 16.6. The van der Waals surface area contributed by atoms with Gasteiger partial charge >= 0.3 is 6.09 Å². The van der Waals surface area contributed by atoms with Crippen LogP contribution in [-0.4, -0.2) is 43.2 Å². The molecule has 1 saturated heterocycles. The second-order valence-electron chi connectivity index (χ2n) is 8.63. The summed E-state index contributed by atoms with van der Waals surface area (Å²) in [5, 5.41) is 11.6. The third-order valence-corrected chi connectivity index (χ3v) is 5.81. The zero-order valence-corrected chi connectivity index (χ0v) is 19.0. The van der Waals surface area contributed by atoms with Crippen molar-refractivity contribution in [3.63, 3.8) is 0 Å². The van der Waals surface area contributed by atoms with Gasteiger partial charge < -0.3 is 19.9 Å². The first-order valence-corrected chi connectivity index (χ1v) is 12.4. The van der Waals surface area contributed by atoms with Crippen molar-refractivity contribution in [1.82, 2.24) is 5.32 Å². The molecule has 1 aliphatic heterocycles. The van der Waals surface area contributed by atoms with E-state index in [1.807, 2.05) is 0 Å². The molecule has 29 heavy (non-hydrogen) atoms. The van der Waals surface area contributed by atoms with E-state index in [2.05, 4.69) is 12.2 Å². The van der Waals surface area contributed by atoms with E-state index in [0.29, 0.717) is 6.54 Å². The number of nitrogens with one attached hydrogen (secondary N) is 1. The fourth-order valence-electron chi connectivity index (χ4n) is 3.86. The fraction of sp³-hybridized carbons (Fsp3) is 0.958. The van der Waals surface area contributed by atoms with Gasteiger partial charge in [-0.2, -0.15) is 0 Å². The molecule has 0 aromatic rings. The predicted molar refractivity (Wildman–Crippen MR) is 119 cm³/mol. The maximum atomic E-state index is 11.6.